The summed E-state index contributed by atoms with van der Waals surface area (Å²) in [4.78, 5) is 32.6. The van der Waals surface area contributed by atoms with Crippen LogP contribution in [-0.2, 0) is 9.59 Å². The summed E-state index contributed by atoms with van der Waals surface area (Å²) in [7, 11) is 0. The average molecular weight is 539 g/mol. The maximum Gasteiger partial charge on any atom is 0.301 e. The van der Waals surface area contributed by atoms with E-state index in [0.29, 0.717) is 44.2 Å². The van der Waals surface area contributed by atoms with Gasteiger partial charge in [0.1, 0.15) is 11.5 Å². The molecule has 1 aliphatic rings. The Labute approximate surface area is 221 Å². The minimum Gasteiger partial charge on any atom is -0.507 e. The number of hydrogen-bond donors (Lipinski definition) is 1. The van der Waals surface area contributed by atoms with Crippen molar-refractivity contribution < 1.29 is 19.4 Å². The number of thiazole rings is 1. The van der Waals surface area contributed by atoms with Crippen molar-refractivity contribution >= 4 is 67.3 Å². The number of nitrogens with zero attached hydrogens (tertiary/aromatic N) is 2. The highest BCUT2D eigenvalue weighted by molar-refractivity contribution is 7.22. The molecule has 9 heteroatoms. The number of fused-ring (bicyclic) bond motifs is 1. The summed E-state index contributed by atoms with van der Waals surface area (Å²) in [5.41, 5.74) is 1.63. The third-order valence-electron chi connectivity index (χ3n) is 5.78. The number of Topliss-reactive ketones (excluding diaryl/α,β-unsaturated/α-hetero) is 1. The molecular weight excluding hydrogens is 519 g/mol. The molecule has 0 spiro atoms. The number of carbonyl (C=O) groups is 2. The normalized spacial score (nSPS) is 17.2. The number of ether oxygens (including phenoxy) is 1. The zero-order valence-corrected chi connectivity index (χ0v) is 21.4. The van der Waals surface area contributed by atoms with E-state index in [1.165, 1.54) is 16.2 Å². The molecule has 0 bridgehead atoms. The van der Waals surface area contributed by atoms with Crippen molar-refractivity contribution in [3.8, 4) is 5.75 Å². The first-order chi connectivity index (χ1) is 17.4. The topological polar surface area (TPSA) is 79.7 Å². The molecular formula is C27H20Cl2N2O4S. The fourth-order valence-corrected chi connectivity index (χ4v) is 5.46. The number of aliphatic hydroxyl groups excluding tert-OH is 1. The van der Waals surface area contributed by atoms with Crippen LogP contribution in [0.25, 0.3) is 16.0 Å². The first-order valence-electron chi connectivity index (χ1n) is 11.2. The maximum absolute atomic E-state index is 13.4. The Kier molecular flexibility index (Phi) is 6.71. The van der Waals surface area contributed by atoms with Gasteiger partial charge in [-0.2, -0.15) is 0 Å². The third kappa shape index (κ3) is 4.46. The molecule has 1 saturated heterocycles. The molecule has 36 heavy (non-hydrogen) atoms. The Bertz CT molecular complexity index is 1500. The Hall–Kier alpha value is -3.39. The molecule has 1 fully saturated rings. The van der Waals surface area contributed by atoms with Crippen molar-refractivity contribution in [1.82, 2.24) is 4.98 Å². The van der Waals surface area contributed by atoms with Crippen molar-refractivity contribution in [2.45, 2.75) is 19.4 Å². The van der Waals surface area contributed by atoms with Gasteiger partial charge in [0, 0.05) is 15.6 Å². The number of carbonyl (C=O) groups excluding carboxylic acids is 2. The summed E-state index contributed by atoms with van der Waals surface area (Å²) < 4.78 is 6.47. The van der Waals surface area contributed by atoms with Crippen LogP contribution in [0.4, 0.5) is 5.13 Å². The predicted molar refractivity (Wildman–Crippen MR) is 143 cm³/mol. The number of ketones is 1. The summed E-state index contributed by atoms with van der Waals surface area (Å²) in [6.07, 6.45) is 0.866. The number of benzene rings is 3. The fraction of sp³-hybridized carbons (Fsp3) is 0.148. The standard InChI is InChI=1S/C27H20Cl2N2O4S/c1-2-13-35-19-10-5-15(6-11-19)23-22(24(32)16-3-7-17(28)8-4-16)25(33)26(34)31(23)27-30-20-12-9-18(29)14-21(20)36-27/h3-12,14,23,32H,2,13H2,1H3/b24-22+. The van der Waals surface area contributed by atoms with Gasteiger partial charge < -0.3 is 9.84 Å². The molecule has 0 saturated carbocycles. The first-order valence-corrected chi connectivity index (χ1v) is 12.8. The van der Waals surface area contributed by atoms with E-state index in [4.69, 9.17) is 27.9 Å². The molecule has 182 valence electrons. The fourth-order valence-electron chi connectivity index (χ4n) is 4.06. The molecule has 2 heterocycles. The lowest BCUT2D eigenvalue weighted by molar-refractivity contribution is -0.132. The van der Waals surface area contributed by atoms with Gasteiger partial charge in [-0.05, 0) is 66.6 Å². The molecule has 1 atom stereocenters. The van der Waals surface area contributed by atoms with Crippen LogP contribution in [0.5, 0.6) is 5.75 Å². The van der Waals surface area contributed by atoms with Crippen LogP contribution in [0.2, 0.25) is 10.0 Å². The second kappa shape index (κ2) is 9.93. The number of aliphatic hydroxyl groups is 1. The van der Waals surface area contributed by atoms with Crippen LogP contribution in [0.1, 0.15) is 30.5 Å². The number of rotatable bonds is 6. The minimum atomic E-state index is -0.892. The summed E-state index contributed by atoms with van der Waals surface area (Å²) in [5.74, 6) is -1.18. The maximum atomic E-state index is 13.4. The van der Waals surface area contributed by atoms with Crippen LogP contribution in [0.15, 0.2) is 72.3 Å². The number of aromatic nitrogens is 1. The van der Waals surface area contributed by atoms with E-state index >= 15 is 0 Å². The van der Waals surface area contributed by atoms with Crippen LogP contribution < -0.4 is 9.64 Å². The van der Waals surface area contributed by atoms with Crippen LogP contribution >= 0.6 is 34.5 Å². The van der Waals surface area contributed by atoms with E-state index < -0.39 is 17.7 Å². The second-order valence-electron chi connectivity index (χ2n) is 8.20. The zero-order valence-electron chi connectivity index (χ0n) is 19.1. The molecule has 1 N–H and O–H groups in total. The number of anilines is 1. The average Bonchev–Trinajstić information content (AvgIpc) is 3.40. The van der Waals surface area contributed by atoms with Gasteiger partial charge in [0.05, 0.1) is 28.4 Å². The SMILES string of the molecule is CCCOc1ccc(C2/C(=C(\O)c3ccc(Cl)cc3)C(=O)C(=O)N2c2nc3ccc(Cl)cc3s2)cc1. The first kappa shape index (κ1) is 24.3. The van der Waals surface area contributed by atoms with E-state index in [-0.39, 0.29) is 11.3 Å². The van der Waals surface area contributed by atoms with E-state index in [0.717, 1.165) is 11.1 Å². The molecule has 3 aromatic carbocycles. The lowest BCUT2D eigenvalue weighted by atomic mass is 9.95. The van der Waals surface area contributed by atoms with Gasteiger partial charge in [0.15, 0.2) is 5.13 Å². The van der Waals surface area contributed by atoms with E-state index in [1.807, 2.05) is 6.92 Å². The lowest BCUT2D eigenvalue weighted by Gasteiger charge is -2.23. The van der Waals surface area contributed by atoms with Gasteiger partial charge in [-0.25, -0.2) is 4.98 Å². The van der Waals surface area contributed by atoms with Crippen LogP contribution in [-0.4, -0.2) is 28.4 Å². The molecule has 1 aromatic heterocycles. The monoisotopic (exact) mass is 538 g/mol. The molecule has 1 aliphatic heterocycles. The quantitative estimate of drug-likeness (QED) is 0.162. The third-order valence-corrected chi connectivity index (χ3v) is 7.28. The highest BCUT2D eigenvalue weighted by atomic mass is 35.5. The summed E-state index contributed by atoms with van der Waals surface area (Å²) >= 11 is 13.4. The summed E-state index contributed by atoms with van der Waals surface area (Å²) in [5, 5.41) is 12.6. The molecule has 0 aliphatic carbocycles. The Morgan fingerprint density at radius 1 is 1.03 bits per heavy atom. The smallest absolute Gasteiger partial charge is 0.301 e. The highest BCUT2D eigenvalue weighted by Gasteiger charge is 2.48. The predicted octanol–water partition coefficient (Wildman–Crippen LogP) is 7.02. The van der Waals surface area contributed by atoms with Gasteiger partial charge in [0.25, 0.3) is 5.78 Å². The number of amides is 1. The van der Waals surface area contributed by atoms with Gasteiger partial charge in [-0.1, -0.05) is 53.6 Å². The van der Waals surface area contributed by atoms with Crippen molar-refractivity contribution in [3.63, 3.8) is 0 Å². The van der Waals surface area contributed by atoms with Crippen molar-refractivity contribution in [3.05, 3.63) is 93.5 Å². The van der Waals surface area contributed by atoms with Gasteiger partial charge >= 0.3 is 5.91 Å². The van der Waals surface area contributed by atoms with E-state index in [2.05, 4.69) is 4.98 Å². The Morgan fingerprint density at radius 2 is 1.72 bits per heavy atom. The molecule has 0 radical (unpaired) electrons. The van der Waals surface area contributed by atoms with Crippen LogP contribution in [0.3, 0.4) is 0 Å². The number of hydrogen-bond acceptors (Lipinski definition) is 6. The van der Waals surface area contributed by atoms with E-state index in [9.17, 15) is 14.7 Å². The second-order valence-corrected chi connectivity index (χ2v) is 10.1. The molecule has 1 unspecified atom stereocenters. The summed E-state index contributed by atoms with van der Waals surface area (Å²) in [6.45, 7) is 2.59. The van der Waals surface area contributed by atoms with Crippen molar-refractivity contribution in [2.24, 2.45) is 0 Å². The largest absolute Gasteiger partial charge is 0.507 e. The molecule has 6 nitrogen and oxygen atoms in total. The Balaban J connectivity index is 1.67. The Morgan fingerprint density at radius 3 is 2.42 bits per heavy atom. The van der Waals surface area contributed by atoms with Gasteiger partial charge in [-0.3, -0.25) is 14.5 Å². The van der Waals surface area contributed by atoms with Gasteiger partial charge in [0.2, 0.25) is 0 Å². The number of halogens is 2. The van der Waals surface area contributed by atoms with Crippen molar-refractivity contribution in [1.29, 1.82) is 0 Å². The van der Waals surface area contributed by atoms with Crippen molar-refractivity contribution in [2.75, 3.05) is 11.5 Å². The summed E-state index contributed by atoms with van der Waals surface area (Å²) in [6, 6.07) is 17.9. The van der Waals surface area contributed by atoms with E-state index in [1.54, 1.807) is 66.7 Å². The molecule has 5 rings (SSSR count). The molecule has 1 amide bonds. The molecule has 4 aromatic rings. The van der Waals surface area contributed by atoms with Crippen LogP contribution in [0, 0.1) is 0 Å². The van der Waals surface area contributed by atoms with Gasteiger partial charge in [-0.15, -0.1) is 0 Å². The minimum absolute atomic E-state index is 0.0261. The highest BCUT2D eigenvalue weighted by Crippen LogP contribution is 2.44. The lowest BCUT2D eigenvalue weighted by Crippen LogP contribution is -2.29. The zero-order chi connectivity index (χ0) is 25.4.